The normalized spacial score (nSPS) is 35.4. The molecule has 0 amide bonds. The van der Waals surface area contributed by atoms with Gasteiger partial charge in [-0.2, -0.15) is 0 Å². The molecule has 0 aromatic heterocycles. The van der Waals surface area contributed by atoms with Crippen LogP contribution in [0.25, 0.3) is 0 Å². The molecule has 0 spiro atoms. The second-order valence-electron chi connectivity index (χ2n) is 6.03. The lowest BCUT2D eigenvalue weighted by atomic mass is 9.75. The van der Waals surface area contributed by atoms with Gasteiger partial charge in [0.2, 0.25) is 0 Å². The molecular weight excluding hydrogens is 200 g/mol. The molecule has 2 rings (SSSR count). The predicted molar refractivity (Wildman–Crippen MR) is 66.2 cm³/mol. The first-order chi connectivity index (χ1) is 7.61. The number of nitrogens with zero attached hydrogens (tertiary/aromatic N) is 1. The zero-order chi connectivity index (χ0) is 11.6. The van der Waals surface area contributed by atoms with E-state index in [1.54, 1.807) is 0 Å². The second kappa shape index (κ2) is 5.03. The minimum Gasteiger partial charge on any atom is -0.388 e. The van der Waals surface area contributed by atoms with Gasteiger partial charge in [-0.3, -0.25) is 0 Å². The summed E-state index contributed by atoms with van der Waals surface area (Å²) in [4.78, 5) is 2.42. The summed E-state index contributed by atoms with van der Waals surface area (Å²) in [5.41, 5.74) is 4.87. The highest BCUT2D eigenvalue weighted by molar-refractivity contribution is 4.87. The number of aliphatic hydroxyl groups is 1. The lowest BCUT2D eigenvalue weighted by Crippen LogP contribution is -2.50. The van der Waals surface area contributed by atoms with Crippen LogP contribution in [0.15, 0.2) is 0 Å². The zero-order valence-corrected chi connectivity index (χ0v) is 10.5. The Morgan fingerprint density at radius 3 is 2.62 bits per heavy atom. The van der Waals surface area contributed by atoms with E-state index < -0.39 is 5.60 Å². The van der Waals surface area contributed by atoms with Crippen LogP contribution in [0.1, 0.15) is 39.0 Å². The van der Waals surface area contributed by atoms with Gasteiger partial charge in [0.05, 0.1) is 5.60 Å². The van der Waals surface area contributed by atoms with Crippen molar-refractivity contribution in [3.8, 4) is 0 Å². The van der Waals surface area contributed by atoms with Crippen molar-refractivity contribution in [2.24, 2.45) is 17.6 Å². The van der Waals surface area contributed by atoms with Gasteiger partial charge in [-0.05, 0) is 38.1 Å². The molecule has 0 bridgehead atoms. The van der Waals surface area contributed by atoms with E-state index in [-0.39, 0.29) is 0 Å². The quantitative estimate of drug-likeness (QED) is 0.760. The molecule has 94 valence electrons. The molecule has 0 aromatic rings. The molecule has 1 saturated heterocycles. The summed E-state index contributed by atoms with van der Waals surface area (Å²) in [5.74, 6) is 1.85. The topological polar surface area (TPSA) is 49.5 Å². The van der Waals surface area contributed by atoms with Crippen molar-refractivity contribution in [2.75, 3.05) is 26.2 Å². The molecule has 1 saturated carbocycles. The van der Waals surface area contributed by atoms with E-state index in [1.165, 1.54) is 38.6 Å². The SMILES string of the molecule is CC(O)(CN)CN1CCC2CCCCC2C1. The lowest BCUT2D eigenvalue weighted by molar-refractivity contribution is -0.00257. The number of hydrogen-bond acceptors (Lipinski definition) is 3. The Hall–Kier alpha value is -0.120. The Labute approximate surface area is 99.0 Å². The molecule has 16 heavy (non-hydrogen) atoms. The molecule has 1 heterocycles. The van der Waals surface area contributed by atoms with Crippen LogP contribution in [0.3, 0.4) is 0 Å². The summed E-state index contributed by atoms with van der Waals surface area (Å²) in [5, 5.41) is 10.0. The maximum Gasteiger partial charge on any atom is 0.0867 e. The van der Waals surface area contributed by atoms with Crippen LogP contribution in [-0.2, 0) is 0 Å². The molecule has 1 aliphatic heterocycles. The maximum absolute atomic E-state index is 10.0. The average Bonchev–Trinajstić information content (AvgIpc) is 2.28. The van der Waals surface area contributed by atoms with Gasteiger partial charge in [-0.1, -0.05) is 19.3 Å². The molecule has 0 radical (unpaired) electrons. The van der Waals surface area contributed by atoms with Crippen LogP contribution in [0.2, 0.25) is 0 Å². The number of piperidine rings is 1. The number of rotatable bonds is 3. The number of nitrogens with two attached hydrogens (primary N) is 1. The number of fused-ring (bicyclic) bond motifs is 1. The minimum absolute atomic E-state index is 0.359. The van der Waals surface area contributed by atoms with E-state index in [1.807, 2.05) is 6.92 Å². The summed E-state index contributed by atoms with van der Waals surface area (Å²) in [6, 6.07) is 0. The lowest BCUT2D eigenvalue weighted by Gasteiger charge is -2.43. The van der Waals surface area contributed by atoms with E-state index in [2.05, 4.69) is 4.90 Å². The third-order valence-corrected chi connectivity index (χ3v) is 4.38. The van der Waals surface area contributed by atoms with Crippen molar-refractivity contribution in [3.05, 3.63) is 0 Å². The van der Waals surface area contributed by atoms with Crippen molar-refractivity contribution in [1.82, 2.24) is 4.90 Å². The third kappa shape index (κ3) is 2.96. The van der Waals surface area contributed by atoms with Crippen LogP contribution >= 0.6 is 0 Å². The summed E-state index contributed by atoms with van der Waals surface area (Å²) >= 11 is 0. The van der Waals surface area contributed by atoms with Crippen LogP contribution < -0.4 is 5.73 Å². The van der Waals surface area contributed by atoms with Gasteiger partial charge in [0.25, 0.3) is 0 Å². The number of β-amino-alcohol motifs (C(OH)–C–C–N with tert-alkyl or cyclic N) is 1. The average molecular weight is 226 g/mol. The van der Waals surface area contributed by atoms with Crippen LogP contribution in [0, 0.1) is 11.8 Å². The van der Waals surface area contributed by atoms with E-state index in [0.29, 0.717) is 6.54 Å². The summed E-state index contributed by atoms with van der Waals surface area (Å²) < 4.78 is 0. The molecule has 2 aliphatic rings. The van der Waals surface area contributed by atoms with Crippen LogP contribution in [0.4, 0.5) is 0 Å². The summed E-state index contributed by atoms with van der Waals surface area (Å²) in [6.45, 7) is 5.28. The van der Waals surface area contributed by atoms with Gasteiger partial charge < -0.3 is 15.7 Å². The fourth-order valence-corrected chi connectivity index (χ4v) is 3.37. The summed E-state index contributed by atoms with van der Waals surface area (Å²) in [6.07, 6.45) is 6.99. The van der Waals surface area contributed by atoms with E-state index in [4.69, 9.17) is 5.73 Å². The minimum atomic E-state index is -0.707. The molecule has 3 atom stereocenters. The first kappa shape index (κ1) is 12.3. The Kier molecular flexibility index (Phi) is 3.88. The number of likely N-dealkylation sites (tertiary alicyclic amines) is 1. The highest BCUT2D eigenvalue weighted by atomic mass is 16.3. The Balaban J connectivity index is 1.85. The maximum atomic E-state index is 10.0. The smallest absolute Gasteiger partial charge is 0.0867 e. The van der Waals surface area contributed by atoms with Crippen molar-refractivity contribution in [2.45, 2.75) is 44.6 Å². The summed E-state index contributed by atoms with van der Waals surface area (Å²) in [7, 11) is 0. The Morgan fingerprint density at radius 1 is 1.25 bits per heavy atom. The van der Waals surface area contributed by atoms with Gasteiger partial charge in [0.1, 0.15) is 0 Å². The predicted octanol–water partition coefficient (Wildman–Crippen LogP) is 1.21. The fourth-order valence-electron chi connectivity index (χ4n) is 3.37. The number of hydrogen-bond donors (Lipinski definition) is 2. The highest BCUT2D eigenvalue weighted by Gasteiger charge is 2.33. The molecule has 0 aromatic carbocycles. The largest absolute Gasteiger partial charge is 0.388 e. The monoisotopic (exact) mass is 226 g/mol. The molecule has 1 aliphatic carbocycles. The first-order valence-corrected chi connectivity index (χ1v) is 6.75. The van der Waals surface area contributed by atoms with Crippen LogP contribution in [0.5, 0.6) is 0 Å². The fraction of sp³-hybridized carbons (Fsp3) is 1.00. The molecular formula is C13H26N2O. The highest BCUT2D eigenvalue weighted by Crippen LogP contribution is 2.36. The standard InChI is InChI=1S/C13H26N2O/c1-13(16,9-14)10-15-7-6-11-4-2-3-5-12(11)8-15/h11-12,16H,2-10,14H2,1H3. The van der Waals surface area contributed by atoms with E-state index in [9.17, 15) is 5.11 Å². The zero-order valence-electron chi connectivity index (χ0n) is 10.5. The van der Waals surface area contributed by atoms with Gasteiger partial charge >= 0.3 is 0 Å². The molecule has 3 nitrogen and oxygen atoms in total. The third-order valence-electron chi connectivity index (χ3n) is 4.38. The van der Waals surface area contributed by atoms with E-state index >= 15 is 0 Å². The molecule has 3 N–H and O–H groups in total. The molecule has 2 fully saturated rings. The van der Waals surface area contributed by atoms with Gasteiger partial charge in [0, 0.05) is 19.6 Å². The van der Waals surface area contributed by atoms with Gasteiger partial charge in [-0.15, -0.1) is 0 Å². The van der Waals surface area contributed by atoms with Crippen molar-refractivity contribution < 1.29 is 5.11 Å². The van der Waals surface area contributed by atoms with Crippen molar-refractivity contribution >= 4 is 0 Å². The Morgan fingerprint density at radius 2 is 1.94 bits per heavy atom. The molecule has 3 unspecified atom stereocenters. The Bertz CT molecular complexity index is 230. The van der Waals surface area contributed by atoms with Crippen molar-refractivity contribution in [1.29, 1.82) is 0 Å². The van der Waals surface area contributed by atoms with E-state index in [0.717, 1.165) is 24.9 Å². The van der Waals surface area contributed by atoms with Crippen LogP contribution in [-0.4, -0.2) is 41.8 Å². The van der Waals surface area contributed by atoms with Gasteiger partial charge in [0.15, 0.2) is 0 Å². The first-order valence-electron chi connectivity index (χ1n) is 6.75. The van der Waals surface area contributed by atoms with Gasteiger partial charge in [-0.25, -0.2) is 0 Å². The van der Waals surface area contributed by atoms with Crippen molar-refractivity contribution in [3.63, 3.8) is 0 Å². The molecule has 3 heteroatoms. The second-order valence-corrected chi connectivity index (χ2v) is 6.03.